The highest BCUT2D eigenvalue weighted by molar-refractivity contribution is 5.69. The van der Waals surface area contributed by atoms with Crippen molar-refractivity contribution >= 4 is 5.97 Å². The molecule has 1 rings (SSSR count). The number of hydrogen-bond acceptors (Lipinski definition) is 9. The number of carbonyl (C=O) groups excluding carboxylic acids is 1. The molecule has 0 aromatic rings. The lowest BCUT2D eigenvalue weighted by Gasteiger charge is -2.40. The summed E-state index contributed by atoms with van der Waals surface area (Å²) in [7, 11) is 0. The van der Waals surface area contributed by atoms with Gasteiger partial charge in [-0.1, -0.05) is 49.8 Å². The van der Waals surface area contributed by atoms with Crippen molar-refractivity contribution < 1.29 is 44.5 Å². The van der Waals surface area contributed by atoms with Crippen molar-refractivity contribution in [2.45, 2.75) is 95.1 Å². The zero-order valence-corrected chi connectivity index (χ0v) is 20.1. The number of rotatable bonds is 17. The van der Waals surface area contributed by atoms with E-state index in [4.69, 9.17) is 14.2 Å². The number of aliphatic hydroxyl groups is 5. The molecule has 1 saturated heterocycles. The largest absolute Gasteiger partial charge is 0.463 e. The fraction of sp³-hybridized carbons (Fsp3) is 0.720. The van der Waals surface area contributed by atoms with Gasteiger partial charge in [0.15, 0.2) is 6.29 Å². The molecule has 6 unspecified atom stereocenters. The van der Waals surface area contributed by atoms with E-state index in [2.05, 4.69) is 43.4 Å². The van der Waals surface area contributed by atoms with E-state index in [1.807, 2.05) is 0 Å². The summed E-state index contributed by atoms with van der Waals surface area (Å²) in [4.78, 5) is 11.9. The summed E-state index contributed by atoms with van der Waals surface area (Å²) in [6.07, 6.45) is 11.4. The van der Waals surface area contributed by atoms with E-state index in [1.165, 1.54) is 0 Å². The van der Waals surface area contributed by atoms with Crippen molar-refractivity contribution in [3.8, 4) is 0 Å². The number of allylic oxidation sites excluding steroid dienone is 6. The van der Waals surface area contributed by atoms with Crippen molar-refractivity contribution in [3.05, 3.63) is 36.5 Å². The molecule has 0 aromatic carbocycles. The van der Waals surface area contributed by atoms with Gasteiger partial charge in [-0.05, 0) is 38.5 Å². The average molecular weight is 487 g/mol. The van der Waals surface area contributed by atoms with Gasteiger partial charge in [-0.2, -0.15) is 0 Å². The van der Waals surface area contributed by atoms with Crippen LogP contribution >= 0.6 is 0 Å². The van der Waals surface area contributed by atoms with Gasteiger partial charge in [-0.25, -0.2) is 0 Å². The topological polar surface area (TPSA) is 146 Å². The number of esters is 1. The number of aliphatic hydroxyl groups excluding tert-OH is 5. The highest BCUT2D eigenvalue weighted by atomic mass is 16.7. The standard InChI is InChI=1S/C25H42O9/c1-2-3-4-5-6-7-8-9-10-11-12-13-14-15-21(28)32-18-19(16-26)33-25-24(31)23(30)22(29)20(17-27)34-25/h3-4,6-7,9-10,19-20,22-27,29-31H,2,5,8,11-18H2,1H3/b4-3-,7-6-,10-9-. The predicted octanol–water partition coefficient (Wildman–Crippen LogP) is 1.52. The predicted molar refractivity (Wildman–Crippen MR) is 127 cm³/mol. The SMILES string of the molecule is CC/C=C\C/C=C\C/C=C\CCCCCC(=O)OCC(CO)OC1OC(CO)C(O)C(O)C1O. The van der Waals surface area contributed by atoms with Gasteiger partial charge < -0.3 is 39.7 Å². The molecule has 1 aliphatic heterocycles. The lowest BCUT2D eigenvalue weighted by atomic mass is 9.99. The Kier molecular flexibility index (Phi) is 16.7. The molecule has 1 fully saturated rings. The van der Waals surface area contributed by atoms with Gasteiger partial charge in [0.1, 0.15) is 37.1 Å². The monoisotopic (exact) mass is 486 g/mol. The Morgan fingerprint density at radius 2 is 1.59 bits per heavy atom. The summed E-state index contributed by atoms with van der Waals surface area (Å²) in [5.74, 6) is -0.423. The van der Waals surface area contributed by atoms with Crippen molar-refractivity contribution in [1.82, 2.24) is 0 Å². The third kappa shape index (κ3) is 12.2. The second-order valence-corrected chi connectivity index (χ2v) is 8.21. The van der Waals surface area contributed by atoms with Gasteiger partial charge in [0, 0.05) is 6.42 Å². The van der Waals surface area contributed by atoms with E-state index in [1.54, 1.807) is 0 Å². The average Bonchev–Trinajstić information content (AvgIpc) is 2.84. The van der Waals surface area contributed by atoms with Crippen LogP contribution in [-0.2, 0) is 19.0 Å². The van der Waals surface area contributed by atoms with E-state index in [-0.39, 0.29) is 13.0 Å². The summed E-state index contributed by atoms with van der Waals surface area (Å²) < 4.78 is 15.7. The van der Waals surface area contributed by atoms with Crippen LogP contribution in [0, 0.1) is 0 Å². The van der Waals surface area contributed by atoms with Crippen LogP contribution in [0.25, 0.3) is 0 Å². The molecule has 1 aliphatic rings. The van der Waals surface area contributed by atoms with Crippen molar-refractivity contribution in [2.75, 3.05) is 19.8 Å². The molecule has 1 heterocycles. The van der Waals surface area contributed by atoms with Crippen LogP contribution < -0.4 is 0 Å². The summed E-state index contributed by atoms with van der Waals surface area (Å²) in [6, 6.07) is 0. The Morgan fingerprint density at radius 1 is 0.912 bits per heavy atom. The second-order valence-electron chi connectivity index (χ2n) is 8.21. The highest BCUT2D eigenvalue weighted by Crippen LogP contribution is 2.23. The molecular weight excluding hydrogens is 444 g/mol. The van der Waals surface area contributed by atoms with E-state index in [0.29, 0.717) is 6.42 Å². The Bertz CT molecular complexity index is 618. The number of unbranched alkanes of at least 4 members (excludes halogenated alkanes) is 3. The van der Waals surface area contributed by atoms with E-state index < -0.39 is 56.0 Å². The van der Waals surface area contributed by atoms with Crippen LogP contribution in [0.15, 0.2) is 36.5 Å². The van der Waals surface area contributed by atoms with Gasteiger partial charge >= 0.3 is 5.97 Å². The van der Waals surface area contributed by atoms with Crippen molar-refractivity contribution in [1.29, 1.82) is 0 Å². The number of ether oxygens (including phenoxy) is 3. The van der Waals surface area contributed by atoms with Gasteiger partial charge in [0.25, 0.3) is 0 Å². The molecule has 0 spiro atoms. The Morgan fingerprint density at radius 3 is 2.24 bits per heavy atom. The molecule has 0 bridgehead atoms. The zero-order valence-electron chi connectivity index (χ0n) is 20.1. The minimum atomic E-state index is -1.59. The van der Waals surface area contributed by atoms with Crippen molar-refractivity contribution in [3.63, 3.8) is 0 Å². The first kappa shape index (κ1) is 30.4. The first-order chi connectivity index (χ1) is 16.4. The zero-order chi connectivity index (χ0) is 25.2. The van der Waals surface area contributed by atoms with Crippen LogP contribution in [0.1, 0.15) is 58.3 Å². The molecule has 0 saturated carbocycles. The molecule has 0 radical (unpaired) electrons. The summed E-state index contributed by atoms with van der Waals surface area (Å²) >= 11 is 0. The Balaban J connectivity index is 2.17. The van der Waals surface area contributed by atoms with E-state index in [9.17, 15) is 30.3 Å². The lowest BCUT2D eigenvalue weighted by molar-refractivity contribution is -0.315. The molecule has 5 N–H and O–H groups in total. The van der Waals surface area contributed by atoms with E-state index >= 15 is 0 Å². The fourth-order valence-corrected chi connectivity index (χ4v) is 3.30. The number of carbonyl (C=O) groups is 1. The number of hydrogen-bond donors (Lipinski definition) is 5. The lowest BCUT2D eigenvalue weighted by Crippen LogP contribution is -2.60. The summed E-state index contributed by atoms with van der Waals surface area (Å²) in [5.41, 5.74) is 0. The van der Waals surface area contributed by atoms with Crippen LogP contribution in [-0.4, -0.2) is 88.1 Å². The van der Waals surface area contributed by atoms with E-state index in [0.717, 1.165) is 38.5 Å². The van der Waals surface area contributed by atoms with Gasteiger partial charge in [-0.3, -0.25) is 4.79 Å². The first-order valence-corrected chi connectivity index (χ1v) is 12.1. The highest BCUT2D eigenvalue weighted by Gasteiger charge is 2.44. The molecule has 9 nitrogen and oxygen atoms in total. The maximum Gasteiger partial charge on any atom is 0.305 e. The minimum Gasteiger partial charge on any atom is -0.463 e. The molecule has 0 aromatic heterocycles. The maximum atomic E-state index is 11.9. The fourth-order valence-electron chi connectivity index (χ4n) is 3.30. The maximum absolute atomic E-state index is 11.9. The minimum absolute atomic E-state index is 0.246. The van der Waals surface area contributed by atoms with Crippen LogP contribution in [0.3, 0.4) is 0 Å². The molecule has 0 amide bonds. The molecule has 6 atom stereocenters. The molecule has 34 heavy (non-hydrogen) atoms. The van der Waals surface area contributed by atoms with Crippen molar-refractivity contribution in [2.24, 2.45) is 0 Å². The van der Waals surface area contributed by atoms with Crippen LogP contribution in [0.4, 0.5) is 0 Å². The van der Waals surface area contributed by atoms with Gasteiger partial charge in [-0.15, -0.1) is 0 Å². The molecular formula is C25H42O9. The van der Waals surface area contributed by atoms with Crippen LogP contribution in [0.2, 0.25) is 0 Å². The third-order valence-corrected chi connectivity index (χ3v) is 5.34. The summed E-state index contributed by atoms with van der Waals surface area (Å²) in [5, 5.41) is 48.2. The first-order valence-electron chi connectivity index (χ1n) is 12.1. The Labute approximate surface area is 202 Å². The smallest absolute Gasteiger partial charge is 0.305 e. The normalized spacial score (nSPS) is 26.6. The molecule has 196 valence electrons. The third-order valence-electron chi connectivity index (χ3n) is 5.34. The molecule has 0 aliphatic carbocycles. The molecule has 9 heteroatoms. The Hall–Kier alpha value is -1.59. The van der Waals surface area contributed by atoms with Gasteiger partial charge in [0.05, 0.1) is 13.2 Å². The summed E-state index contributed by atoms with van der Waals surface area (Å²) in [6.45, 7) is 0.756. The van der Waals surface area contributed by atoms with Gasteiger partial charge in [0.2, 0.25) is 0 Å². The van der Waals surface area contributed by atoms with Crippen LogP contribution in [0.5, 0.6) is 0 Å². The second kappa shape index (κ2) is 18.7. The quantitative estimate of drug-likeness (QED) is 0.117.